The van der Waals surface area contributed by atoms with Crippen molar-refractivity contribution in [2.24, 2.45) is 0 Å². The molecule has 3 heterocycles. The van der Waals surface area contributed by atoms with E-state index in [4.69, 9.17) is 0 Å². The molecule has 1 aliphatic rings. The molecule has 0 radical (unpaired) electrons. The van der Waals surface area contributed by atoms with Crippen LogP contribution in [-0.2, 0) is 24.2 Å². The van der Waals surface area contributed by atoms with Crippen LogP contribution < -0.4 is 5.32 Å². The lowest BCUT2D eigenvalue weighted by Gasteiger charge is -2.25. The van der Waals surface area contributed by atoms with Gasteiger partial charge in [0.2, 0.25) is 5.91 Å². The van der Waals surface area contributed by atoms with Crippen LogP contribution in [0.5, 0.6) is 0 Å². The minimum absolute atomic E-state index is 0.0675. The number of aryl methyl sites for hydroxylation is 1. The van der Waals surface area contributed by atoms with E-state index in [-0.39, 0.29) is 5.91 Å². The third-order valence-electron chi connectivity index (χ3n) is 4.83. The summed E-state index contributed by atoms with van der Waals surface area (Å²) in [6.45, 7) is 4.65. The van der Waals surface area contributed by atoms with E-state index in [1.807, 2.05) is 25.3 Å². The van der Waals surface area contributed by atoms with Gasteiger partial charge in [0, 0.05) is 37.6 Å². The molecule has 134 valence electrons. The molecule has 1 amide bonds. The summed E-state index contributed by atoms with van der Waals surface area (Å²) in [5, 5.41) is 4.17. The van der Waals surface area contributed by atoms with Crippen molar-refractivity contribution in [3.8, 4) is 0 Å². The molecule has 3 aromatic rings. The second-order valence-corrected chi connectivity index (χ2v) is 6.80. The fourth-order valence-electron chi connectivity index (χ4n) is 3.59. The van der Waals surface area contributed by atoms with Crippen LogP contribution in [0.15, 0.2) is 36.5 Å². The van der Waals surface area contributed by atoms with Crippen LogP contribution in [-0.4, -0.2) is 45.4 Å². The molecule has 6 nitrogen and oxygen atoms in total. The van der Waals surface area contributed by atoms with E-state index < -0.39 is 0 Å². The molecule has 6 heteroatoms. The van der Waals surface area contributed by atoms with Gasteiger partial charge in [0.15, 0.2) is 0 Å². The number of imidazole rings is 1. The van der Waals surface area contributed by atoms with Crippen LogP contribution in [0.25, 0.3) is 10.9 Å². The highest BCUT2D eigenvalue weighted by Crippen LogP contribution is 2.17. The van der Waals surface area contributed by atoms with Crippen LogP contribution in [0, 0.1) is 6.92 Å². The zero-order chi connectivity index (χ0) is 17.9. The largest absolute Gasteiger partial charge is 0.355 e. The van der Waals surface area contributed by atoms with Crippen molar-refractivity contribution in [1.29, 1.82) is 0 Å². The van der Waals surface area contributed by atoms with Gasteiger partial charge in [-0.25, -0.2) is 4.98 Å². The first-order valence-electron chi connectivity index (χ1n) is 9.05. The molecule has 0 aliphatic carbocycles. The number of rotatable bonds is 5. The predicted molar refractivity (Wildman–Crippen MR) is 101 cm³/mol. The normalized spacial score (nSPS) is 14.3. The van der Waals surface area contributed by atoms with Gasteiger partial charge >= 0.3 is 0 Å². The van der Waals surface area contributed by atoms with Gasteiger partial charge in [-0.2, -0.15) is 0 Å². The molecule has 0 spiro atoms. The second kappa shape index (κ2) is 7.25. The Bertz CT molecular complexity index is 928. The Labute approximate surface area is 152 Å². The lowest BCUT2D eigenvalue weighted by atomic mass is 10.1. The van der Waals surface area contributed by atoms with E-state index in [9.17, 15) is 4.79 Å². The van der Waals surface area contributed by atoms with Crippen LogP contribution in [0.3, 0.4) is 0 Å². The van der Waals surface area contributed by atoms with E-state index in [1.165, 1.54) is 5.56 Å². The van der Waals surface area contributed by atoms with Gasteiger partial charge in [0.1, 0.15) is 5.82 Å². The van der Waals surface area contributed by atoms with Crippen molar-refractivity contribution in [3.05, 3.63) is 59.3 Å². The average Bonchev–Trinajstić information content (AvgIpc) is 3.01. The number of nitrogens with zero attached hydrogens (tertiary/aromatic N) is 3. The molecule has 1 aliphatic heterocycles. The summed E-state index contributed by atoms with van der Waals surface area (Å²) < 4.78 is 0. The minimum Gasteiger partial charge on any atom is -0.355 e. The summed E-state index contributed by atoms with van der Waals surface area (Å²) in [5.74, 6) is 1.02. The molecule has 2 aromatic heterocycles. The third-order valence-corrected chi connectivity index (χ3v) is 4.83. The summed E-state index contributed by atoms with van der Waals surface area (Å²) in [6, 6.07) is 10.2. The molecule has 26 heavy (non-hydrogen) atoms. The standard InChI is InChI=1S/C20H23N5O/c1-14-23-17-8-11-25(12-18(17)24-14)13-19(26)21-10-7-16-5-2-4-15-6-3-9-22-20(15)16/h2-6,9H,7-8,10-13H2,1H3,(H,21,26)(H,23,24). The number of aromatic nitrogens is 3. The Hall–Kier alpha value is -2.73. The number of para-hydroxylation sites is 1. The SMILES string of the molecule is Cc1nc2c([nH]1)CN(CC(=O)NCCc1cccc3cccnc13)CC2. The number of H-pyrrole nitrogens is 1. The van der Waals surface area contributed by atoms with Crippen LogP contribution >= 0.6 is 0 Å². The number of carbonyl (C=O) groups excluding carboxylic acids is 1. The smallest absolute Gasteiger partial charge is 0.234 e. The fraction of sp³-hybridized carbons (Fsp3) is 0.350. The van der Waals surface area contributed by atoms with Crippen LogP contribution in [0.1, 0.15) is 22.8 Å². The van der Waals surface area contributed by atoms with E-state index in [2.05, 4.69) is 43.4 Å². The number of nitrogens with one attached hydrogen (secondary N) is 2. The van der Waals surface area contributed by atoms with E-state index in [1.54, 1.807) is 0 Å². The summed E-state index contributed by atoms with van der Waals surface area (Å²) in [7, 11) is 0. The maximum Gasteiger partial charge on any atom is 0.234 e. The zero-order valence-corrected chi connectivity index (χ0v) is 15.0. The molecule has 4 rings (SSSR count). The molecule has 0 fully saturated rings. The number of carbonyl (C=O) groups is 1. The Morgan fingerprint density at radius 3 is 3.12 bits per heavy atom. The highest BCUT2D eigenvalue weighted by atomic mass is 16.2. The molecule has 0 atom stereocenters. The van der Waals surface area contributed by atoms with Gasteiger partial charge in [-0.3, -0.25) is 14.7 Å². The monoisotopic (exact) mass is 349 g/mol. The molecule has 0 saturated carbocycles. The number of amides is 1. The van der Waals surface area contributed by atoms with Crippen molar-refractivity contribution in [2.75, 3.05) is 19.6 Å². The van der Waals surface area contributed by atoms with Gasteiger partial charge < -0.3 is 10.3 Å². The van der Waals surface area contributed by atoms with E-state index in [0.717, 1.165) is 54.0 Å². The van der Waals surface area contributed by atoms with Gasteiger partial charge in [-0.15, -0.1) is 0 Å². The summed E-state index contributed by atoms with van der Waals surface area (Å²) in [5.41, 5.74) is 4.47. The third kappa shape index (κ3) is 3.60. The number of benzene rings is 1. The topological polar surface area (TPSA) is 73.9 Å². The van der Waals surface area contributed by atoms with E-state index in [0.29, 0.717) is 13.1 Å². The van der Waals surface area contributed by atoms with Crippen LogP contribution in [0.2, 0.25) is 0 Å². The Kier molecular flexibility index (Phi) is 4.67. The summed E-state index contributed by atoms with van der Waals surface area (Å²) in [4.78, 5) is 26.7. The first-order valence-corrected chi connectivity index (χ1v) is 9.05. The average molecular weight is 349 g/mol. The van der Waals surface area contributed by atoms with E-state index >= 15 is 0 Å². The Morgan fingerprint density at radius 2 is 2.19 bits per heavy atom. The number of hydrogen-bond acceptors (Lipinski definition) is 4. The maximum atomic E-state index is 12.3. The molecular weight excluding hydrogens is 326 g/mol. The molecular formula is C20H23N5O. The highest BCUT2D eigenvalue weighted by Gasteiger charge is 2.20. The zero-order valence-electron chi connectivity index (χ0n) is 15.0. The molecule has 0 saturated heterocycles. The van der Waals surface area contributed by atoms with Crippen molar-refractivity contribution >= 4 is 16.8 Å². The quantitative estimate of drug-likeness (QED) is 0.739. The molecule has 0 unspecified atom stereocenters. The van der Waals surface area contributed by atoms with Crippen molar-refractivity contribution in [2.45, 2.75) is 26.3 Å². The van der Waals surface area contributed by atoms with Crippen molar-refractivity contribution < 1.29 is 4.79 Å². The van der Waals surface area contributed by atoms with Gasteiger partial charge in [0.05, 0.1) is 23.4 Å². The Morgan fingerprint density at radius 1 is 1.31 bits per heavy atom. The number of hydrogen-bond donors (Lipinski definition) is 2. The van der Waals surface area contributed by atoms with Crippen LogP contribution in [0.4, 0.5) is 0 Å². The minimum atomic E-state index is 0.0675. The van der Waals surface area contributed by atoms with Gasteiger partial charge in [0.25, 0.3) is 0 Å². The highest BCUT2D eigenvalue weighted by molar-refractivity contribution is 5.82. The number of fused-ring (bicyclic) bond motifs is 2. The van der Waals surface area contributed by atoms with Gasteiger partial charge in [-0.05, 0) is 25.0 Å². The molecule has 0 bridgehead atoms. The fourth-order valence-corrected chi connectivity index (χ4v) is 3.59. The number of pyridine rings is 1. The molecule has 2 N–H and O–H groups in total. The molecule has 1 aromatic carbocycles. The lowest BCUT2D eigenvalue weighted by Crippen LogP contribution is -2.40. The van der Waals surface area contributed by atoms with Crippen molar-refractivity contribution in [3.63, 3.8) is 0 Å². The van der Waals surface area contributed by atoms with Gasteiger partial charge in [-0.1, -0.05) is 24.3 Å². The predicted octanol–water partition coefficient (Wildman–Crippen LogP) is 1.98. The summed E-state index contributed by atoms with van der Waals surface area (Å²) >= 11 is 0. The Balaban J connectivity index is 1.29. The summed E-state index contributed by atoms with van der Waals surface area (Å²) in [6.07, 6.45) is 3.49. The second-order valence-electron chi connectivity index (χ2n) is 6.80. The first kappa shape index (κ1) is 16.7. The van der Waals surface area contributed by atoms with Crippen molar-refractivity contribution in [1.82, 2.24) is 25.2 Å². The lowest BCUT2D eigenvalue weighted by molar-refractivity contribution is -0.122. The first-order chi connectivity index (χ1) is 12.7. The number of aromatic amines is 1. The maximum absolute atomic E-state index is 12.3.